The van der Waals surface area contributed by atoms with Gasteiger partial charge in [-0.3, -0.25) is 9.59 Å². The Labute approximate surface area is 116 Å². The molecule has 2 heterocycles. The fourth-order valence-corrected chi connectivity index (χ4v) is 2.84. The summed E-state index contributed by atoms with van der Waals surface area (Å²) < 4.78 is 0. The van der Waals surface area contributed by atoms with Crippen LogP contribution in [0.5, 0.6) is 5.75 Å². The number of fused-ring (bicyclic) bond motifs is 1. The lowest BCUT2D eigenvalue weighted by atomic mass is 10.0. The fourth-order valence-electron chi connectivity index (χ4n) is 2.84. The van der Waals surface area contributed by atoms with Crippen LogP contribution in [-0.4, -0.2) is 51.7 Å². The first-order valence-electron chi connectivity index (χ1n) is 6.61. The number of hydrogen-bond donors (Lipinski definition) is 3. The van der Waals surface area contributed by atoms with Crippen molar-refractivity contribution in [3.63, 3.8) is 0 Å². The van der Waals surface area contributed by atoms with Crippen LogP contribution in [0.2, 0.25) is 0 Å². The number of phenols is 1. The molecule has 0 aliphatic carbocycles. The first-order chi connectivity index (χ1) is 9.54. The maximum atomic E-state index is 12.3. The topological polar surface area (TPSA) is 89.9 Å². The number of aliphatic hydroxyl groups excluding tert-OH is 1. The smallest absolute Gasteiger partial charge is 0.246 e. The van der Waals surface area contributed by atoms with Crippen LogP contribution in [0.25, 0.3) is 0 Å². The second kappa shape index (κ2) is 4.79. The number of aliphatic hydroxyl groups is 1. The van der Waals surface area contributed by atoms with E-state index in [0.717, 1.165) is 5.56 Å². The zero-order valence-electron chi connectivity index (χ0n) is 10.8. The van der Waals surface area contributed by atoms with E-state index < -0.39 is 18.2 Å². The quantitative estimate of drug-likeness (QED) is 0.672. The highest BCUT2D eigenvalue weighted by Gasteiger charge is 2.45. The molecule has 6 heteroatoms. The van der Waals surface area contributed by atoms with Crippen molar-refractivity contribution in [3.8, 4) is 5.75 Å². The zero-order chi connectivity index (χ0) is 14.3. The first-order valence-corrected chi connectivity index (χ1v) is 6.61. The van der Waals surface area contributed by atoms with Crippen molar-refractivity contribution in [1.82, 2.24) is 10.2 Å². The number of rotatable bonds is 2. The minimum Gasteiger partial charge on any atom is -0.508 e. The molecule has 2 aliphatic rings. The number of aromatic hydroxyl groups is 1. The molecular formula is C14H16N2O4. The molecule has 0 saturated carbocycles. The van der Waals surface area contributed by atoms with Crippen LogP contribution in [0.1, 0.15) is 12.0 Å². The predicted octanol–water partition coefficient (Wildman–Crippen LogP) is -0.605. The lowest BCUT2D eigenvalue weighted by molar-refractivity contribution is -0.147. The third-order valence-corrected chi connectivity index (χ3v) is 3.86. The van der Waals surface area contributed by atoms with Gasteiger partial charge in [0.1, 0.15) is 17.8 Å². The third-order valence-electron chi connectivity index (χ3n) is 3.86. The van der Waals surface area contributed by atoms with Crippen LogP contribution in [-0.2, 0) is 16.0 Å². The molecule has 0 bridgehead atoms. The van der Waals surface area contributed by atoms with Crippen molar-refractivity contribution in [2.75, 3.05) is 6.54 Å². The average molecular weight is 276 g/mol. The van der Waals surface area contributed by atoms with Crippen LogP contribution in [0.4, 0.5) is 0 Å². The van der Waals surface area contributed by atoms with E-state index >= 15 is 0 Å². The Balaban J connectivity index is 1.76. The van der Waals surface area contributed by atoms with E-state index in [1.807, 2.05) is 0 Å². The summed E-state index contributed by atoms with van der Waals surface area (Å²) in [6.07, 6.45) is 0.0651. The van der Waals surface area contributed by atoms with Crippen LogP contribution >= 0.6 is 0 Å². The van der Waals surface area contributed by atoms with E-state index in [0.29, 0.717) is 12.8 Å². The number of piperazine rings is 1. The molecule has 3 atom stereocenters. The summed E-state index contributed by atoms with van der Waals surface area (Å²) in [5.74, 6) is -0.195. The molecule has 3 N–H and O–H groups in total. The number of carbonyl (C=O) groups excluding carboxylic acids is 2. The van der Waals surface area contributed by atoms with Gasteiger partial charge in [0, 0.05) is 19.4 Å². The van der Waals surface area contributed by atoms with Gasteiger partial charge in [-0.15, -0.1) is 0 Å². The molecule has 2 aliphatic heterocycles. The minimum atomic E-state index is -0.623. The van der Waals surface area contributed by atoms with Crippen LogP contribution in [0, 0.1) is 0 Å². The highest BCUT2D eigenvalue weighted by atomic mass is 16.3. The van der Waals surface area contributed by atoms with Crippen molar-refractivity contribution in [3.05, 3.63) is 29.8 Å². The Hall–Kier alpha value is -2.08. The molecule has 20 heavy (non-hydrogen) atoms. The van der Waals surface area contributed by atoms with Crippen molar-refractivity contribution in [1.29, 1.82) is 0 Å². The van der Waals surface area contributed by atoms with Crippen LogP contribution in [0.15, 0.2) is 24.3 Å². The summed E-state index contributed by atoms with van der Waals surface area (Å²) >= 11 is 0. The lowest BCUT2D eigenvalue weighted by Crippen LogP contribution is -2.61. The number of amides is 2. The summed E-state index contributed by atoms with van der Waals surface area (Å²) in [6, 6.07) is 5.40. The highest BCUT2D eigenvalue weighted by Crippen LogP contribution is 2.24. The van der Waals surface area contributed by atoms with E-state index in [1.54, 1.807) is 24.3 Å². The molecule has 1 aromatic rings. The second-order valence-corrected chi connectivity index (χ2v) is 5.33. The number of nitrogens with one attached hydrogen (secondary N) is 1. The molecular weight excluding hydrogens is 260 g/mol. The monoisotopic (exact) mass is 276 g/mol. The van der Waals surface area contributed by atoms with E-state index in [-0.39, 0.29) is 24.1 Å². The highest BCUT2D eigenvalue weighted by molar-refractivity contribution is 5.97. The fraction of sp³-hybridized carbons (Fsp3) is 0.429. The Morgan fingerprint density at radius 3 is 2.65 bits per heavy atom. The Morgan fingerprint density at radius 2 is 1.95 bits per heavy atom. The summed E-state index contributed by atoms with van der Waals surface area (Å²) in [5.41, 5.74) is 0.861. The number of nitrogens with zero attached hydrogens (tertiary/aromatic N) is 1. The van der Waals surface area contributed by atoms with Gasteiger partial charge in [-0.05, 0) is 17.7 Å². The Bertz CT molecular complexity index is 543. The van der Waals surface area contributed by atoms with Gasteiger partial charge in [0.2, 0.25) is 11.8 Å². The zero-order valence-corrected chi connectivity index (χ0v) is 10.8. The Kier molecular flexibility index (Phi) is 3.10. The van der Waals surface area contributed by atoms with Gasteiger partial charge in [-0.1, -0.05) is 12.1 Å². The molecule has 2 fully saturated rings. The molecule has 3 rings (SSSR count). The summed E-state index contributed by atoms with van der Waals surface area (Å²) in [4.78, 5) is 25.8. The van der Waals surface area contributed by atoms with Crippen LogP contribution < -0.4 is 5.32 Å². The average Bonchev–Trinajstić information content (AvgIpc) is 2.81. The third kappa shape index (κ3) is 2.22. The molecule has 0 spiro atoms. The summed E-state index contributed by atoms with van der Waals surface area (Å²) in [6.45, 7) is 0.225. The van der Waals surface area contributed by atoms with Gasteiger partial charge in [0.05, 0.1) is 6.10 Å². The van der Waals surface area contributed by atoms with Gasteiger partial charge in [0.25, 0.3) is 0 Å². The molecule has 0 unspecified atom stereocenters. The molecule has 2 saturated heterocycles. The van der Waals surface area contributed by atoms with Crippen molar-refractivity contribution in [2.45, 2.75) is 31.0 Å². The molecule has 6 nitrogen and oxygen atoms in total. The molecule has 106 valence electrons. The molecule has 0 aromatic heterocycles. The van der Waals surface area contributed by atoms with Gasteiger partial charge >= 0.3 is 0 Å². The number of carbonyl (C=O) groups is 2. The Morgan fingerprint density at radius 1 is 1.25 bits per heavy atom. The van der Waals surface area contributed by atoms with Crippen LogP contribution in [0.3, 0.4) is 0 Å². The van der Waals surface area contributed by atoms with Gasteiger partial charge in [-0.2, -0.15) is 0 Å². The molecule has 2 amide bonds. The lowest BCUT2D eigenvalue weighted by Gasteiger charge is -2.34. The van der Waals surface area contributed by atoms with Gasteiger partial charge < -0.3 is 20.4 Å². The molecule has 0 radical (unpaired) electrons. The largest absolute Gasteiger partial charge is 0.508 e. The number of hydrogen-bond acceptors (Lipinski definition) is 4. The standard InChI is InChI=1S/C14H16N2O4/c17-9-3-1-8(2-4-9)5-11-14(20)16-7-10(18)6-12(16)13(19)15-11/h1-4,10-12,17-18H,5-7H2,(H,15,19)/t10-,11-,12+/m1/s1. The van der Waals surface area contributed by atoms with Crippen molar-refractivity contribution in [2.24, 2.45) is 0 Å². The maximum absolute atomic E-state index is 12.3. The SMILES string of the molecule is O=C1N[C@H](Cc2ccc(O)cc2)C(=O)N2C[C@H](O)C[C@@H]12. The molecule has 1 aromatic carbocycles. The van der Waals surface area contributed by atoms with Crippen molar-refractivity contribution < 1.29 is 19.8 Å². The first kappa shape index (κ1) is 12.9. The van der Waals surface area contributed by atoms with Gasteiger partial charge in [0.15, 0.2) is 0 Å². The van der Waals surface area contributed by atoms with E-state index in [1.165, 1.54) is 4.90 Å². The van der Waals surface area contributed by atoms with E-state index in [2.05, 4.69) is 5.32 Å². The normalized spacial score (nSPS) is 29.2. The van der Waals surface area contributed by atoms with Gasteiger partial charge in [-0.25, -0.2) is 0 Å². The number of benzene rings is 1. The summed E-state index contributed by atoms with van der Waals surface area (Å²) in [5, 5.41) is 21.6. The van der Waals surface area contributed by atoms with E-state index in [4.69, 9.17) is 0 Å². The minimum absolute atomic E-state index is 0.153. The van der Waals surface area contributed by atoms with E-state index in [9.17, 15) is 19.8 Å². The maximum Gasteiger partial charge on any atom is 0.246 e. The summed E-state index contributed by atoms with van der Waals surface area (Å²) in [7, 11) is 0. The second-order valence-electron chi connectivity index (χ2n) is 5.33. The van der Waals surface area contributed by atoms with Crippen molar-refractivity contribution >= 4 is 11.8 Å². The predicted molar refractivity (Wildman–Crippen MR) is 69.9 cm³/mol. The number of phenolic OH excluding ortho intramolecular Hbond substituents is 1.